The second kappa shape index (κ2) is 11.5. The highest BCUT2D eigenvalue weighted by atomic mass is 16.2. The van der Waals surface area contributed by atoms with Crippen molar-refractivity contribution in [3.8, 4) is 0 Å². The highest BCUT2D eigenvalue weighted by molar-refractivity contribution is 5.91. The maximum absolute atomic E-state index is 12.8. The number of carbonyl (C=O) groups excluding carboxylic acids is 4. The quantitative estimate of drug-likeness (QED) is 0.277. The van der Waals surface area contributed by atoms with Crippen LogP contribution in [0.3, 0.4) is 0 Å². The molecule has 3 amide bonds. The molecule has 0 spiro atoms. The van der Waals surface area contributed by atoms with Gasteiger partial charge in [0.2, 0.25) is 17.7 Å². The average molecular weight is 414 g/mol. The van der Waals surface area contributed by atoms with E-state index >= 15 is 0 Å². The molecule has 160 valence electrons. The molecule has 1 heterocycles. The number of benzene rings is 1. The highest BCUT2D eigenvalue weighted by Crippen LogP contribution is 2.05. The van der Waals surface area contributed by atoms with Crippen LogP contribution < -0.4 is 22.1 Å². The zero-order valence-electron chi connectivity index (χ0n) is 16.4. The number of aldehydes is 1. The van der Waals surface area contributed by atoms with E-state index in [1.165, 1.54) is 12.5 Å². The number of aromatic nitrogens is 2. The van der Waals surface area contributed by atoms with E-state index in [-0.39, 0.29) is 19.3 Å². The standard InChI is InChI=1S/C20H26N6O4/c21-16(6-7-18(22)28)19(29)26-17(9-14-10-23-12-24-14)20(30)25-15(11-27)8-13-4-2-1-3-5-13/h1-5,10-12,15-17H,6-9,21H2,(H2,22,28)(H,23,24)(H,25,30)(H,26,29)/t15-,16+,17+/m1/s1. The number of nitrogens with two attached hydrogens (primary N) is 2. The number of hydrogen-bond acceptors (Lipinski definition) is 6. The predicted molar refractivity (Wildman–Crippen MR) is 109 cm³/mol. The number of carbonyl (C=O) groups is 4. The monoisotopic (exact) mass is 414 g/mol. The van der Waals surface area contributed by atoms with Gasteiger partial charge in [-0.05, 0) is 18.4 Å². The zero-order chi connectivity index (χ0) is 21.9. The molecule has 1 aromatic heterocycles. The molecule has 0 bridgehead atoms. The van der Waals surface area contributed by atoms with E-state index in [0.29, 0.717) is 18.4 Å². The van der Waals surface area contributed by atoms with Crippen molar-refractivity contribution in [1.82, 2.24) is 20.6 Å². The summed E-state index contributed by atoms with van der Waals surface area (Å²) in [5.74, 6) is -1.70. The van der Waals surface area contributed by atoms with E-state index < -0.39 is 35.8 Å². The van der Waals surface area contributed by atoms with Gasteiger partial charge in [-0.25, -0.2) is 4.98 Å². The van der Waals surface area contributed by atoms with Gasteiger partial charge in [-0.15, -0.1) is 0 Å². The molecule has 0 saturated heterocycles. The zero-order valence-corrected chi connectivity index (χ0v) is 16.4. The summed E-state index contributed by atoms with van der Waals surface area (Å²) in [5, 5.41) is 5.23. The van der Waals surface area contributed by atoms with Gasteiger partial charge >= 0.3 is 0 Å². The third kappa shape index (κ3) is 7.47. The van der Waals surface area contributed by atoms with E-state index in [4.69, 9.17) is 11.5 Å². The Morgan fingerprint density at radius 1 is 1.10 bits per heavy atom. The van der Waals surface area contributed by atoms with E-state index in [9.17, 15) is 19.2 Å². The molecule has 10 heteroatoms. The van der Waals surface area contributed by atoms with Crippen LogP contribution in [0.25, 0.3) is 0 Å². The normalized spacial score (nSPS) is 13.6. The van der Waals surface area contributed by atoms with Crippen LogP contribution in [0.1, 0.15) is 24.1 Å². The summed E-state index contributed by atoms with van der Waals surface area (Å²) in [6, 6.07) is 6.49. The highest BCUT2D eigenvalue weighted by Gasteiger charge is 2.26. The number of amides is 3. The Kier molecular flexibility index (Phi) is 8.70. The number of H-pyrrole nitrogens is 1. The molecule has 0 unspecified atom stereocenters. The Morgan fingerprint density at radius 3 is 2.43 bits per heavy atom. The number of imidazole rings is 1. The number of nitrogens with one attached hydrogen (secondary N) is 3. The van der Waals surface area contributed by atoms with Crippen molar-refractivity contribution in [2.24, 2.45) is 11.5 Å². The molecule has 0 fully saturated rings. The Labute approximate surface area is 173 Å². The minimum absolute atomic E-state index is 0.0453. The first-order valence-electron chi connectivity index (χ1n) is 9.50. The molecule has 2 rings (SSSR count). The first kappa shape index (κ1) is 22.8. The Bertz CT molecular complexity index is 840. The molecular formula is C20H26N6O4. The number of rotatable bonds is 12. The first-order chi connectivity index (χ1) is 14.4. The van der Waals surface area contributed by atoms with Crippen LogP contribution >= 0.6 is 0 Å². The van der Waals surface area contributed by atoms with Crippen LogP contribution in [-0.2, 0) is 32.0 Å². The summed E-state index contributed by atoms with van der Waals surface area (Å²) >= 11 is 0. The lowest BCUT2D eigenvalue weighted by atomic mass is 10.0. The number of hydrogen-bond donors (Lipinski definition) is 5. The lowest BCUT2D eigenvalue weighted by Gasteiger charge is -2.22. The topological polar surface area (TPSA) is 173 Å². The van der Waals surface area contributed by atoms with Gasteiger partial charge in [0, 0.05) is 24.7 Å². The molecule has 0 aliphatic rings. The fraction of sp³-hybridized carbons (Fsp3) is 0.350. The summed E-state index contributed by atoms with van der Waals surface area (Å²) in [6.45, 7) is 0. The second-order valence-corrected chi connectivity index (χ2v) is 6.89. The minimum Gasteiger partial charge on any atom is -0.370 e. The summed E-state index contributed by atoms with van der Waals surface area (Å²) < 4.78 is 0. The Hall–Kier alpha value is -3.53. The van der Waals surface area contributed by atoms with Gasteiger partial charge in [-0.1, -0.05) is 30.3 Å². The van der Waals surface area contributed by atoms with E-state index in [0.717, 1.165) is 5.56 Å². The molecule has 10 nitrogen and oxygen atoms in total. The number of nitrogens with zero attached hydrogens (tertiary/aromatic N) is 1. The van der Waals surface area contributed by atoms with Crippen LogP contribution in [0, 0.1) is 0 Å². The third-order valence-electron chi connectivity index (χ3n) is 4.44. The van der Waals surface area contributed by atoms with Crippen molar-refractivity contribution >= 4 is 24.0 Å². The average Bonchev–Trinajstić information content (AvgIpc) is 3.24. The number of aromatic amines is 1. The van der Waals surface area contributed by atoms with Crippen LogP contribution in [0.15, 0.2) is 42.9 Å². The lowest BCUT2D eigenvalue weighted by molar-refractivity contribution is -0.130. The fourth-order valence-corrected chi connectivity index (χ4v) is 2.82. The van der Waals surface area contributed by atoms with Crippen molar-refractivity contribution in [1.29, 1.82) is 0 Å². The van der Waals surface area contributed by atoms with Gasteiger partial charge in [0.05, 0.1) is 18.4 Å². The molecule has 7 N–H and O–H groups in total. The third-order valence-corrected chi connectivity index (χ3v) is 4.44. The van der Waals surface area contributed by atoms with Gasteiger partial charge in [0.1, 0.15) is 12.3 Å². The molecule has 1 aromatic carbocycles. The summed E-state index contributed by atoms with van der Waals surface area (Å²) in [6.07, 6.45) is 4.09. The van der Waals surface area contributed by atoms with E-state index in [1.807, 2.05) is 30.3 Å². The number of primary amides is 1. The van der Waals surface area contributed by atoms with E-state index in [2.05, 4.69) is 20.6 Å². The van der Waals surface area contributed by atoms with Crippen molar-refractivity contribution in [2.75, 3.05) is 0 Å². The van der Waals surface area contributed by atoms with Crippen LogP contribution in [0.5, 0.6) is 0 Å². The van der Waals surface area contributed by atoms with Crippen molar-refractivity contribution in [3.63, 3.8) is 0 Å². The lowest BCUT2D eigenvalue weighted by Crippen LogP contribution is -2.54. The molecule has 0 aliphatic carbocycles. The van der Waals surface area contributed by atoms with E-state index in [1.54, 1.807) is 0 Å². The van der Waals surface area contributed by atoms with Gasteiger partial charge in [0.25, 0.3) is 0 Å². The molecule has 0 aliphatic heterocycles. The van der Waals surface area contributed by atoms with Crippen molar-refractivity contribution in [2.45, 2.75) is 43.8 Å². The van der Waals surface area contributed by atoms with Crippen LogP contribution in [-0.4, -0.2) is 52.1 Å². The maximum atomic E-state index is 12.8. The molecular weight excluding hydrogens is 388 g/mol. The molecule has 2 aromatic rings. The van der Waals surface area contributed by atoms with Gasteiger partial charge < -0.3 is 31.9 Å². The molecule has 30 heavy (non-hydrogen) atoms. The Balaban J connectivity index is 2.04. The smallest absolute Gasteiger partial charge is 0.243 e. The van der Waals surface area contributed by atoms with Crippen molar-refractivity contribution < 1.29 is 19.2 Å². The van der Waals surface area contributed by atoms with Crippen LogP contribution in [0.4, 0.5) is 0 Å². The summed E-state index contributed by atoms with van der Waals surface area (Å²) in [5.41, 5.74) is 12.4. The summed E-state index contributed by atoms with van der Waals surface area (Å²) in [4.78, 5) is 54.3. The SMILES string of the molecule is NC(=O)CC[C@H](N)C(=O)N[C@@H](Cc1cnc[nH]1)C(=O)N[C@@H](C=O)Cc1ccccc1. The van der Waals surface area contributed by atoms with Crippen LogP contribution in [0.2, 0.25) is 0 Å². The Morgan fingerprint density at radius 2 is 1.83 bits per heavy atom. The van der Waals surface area contributed by atoms with Gasteiger partial charge in [-0.2, -0.15) is 0 Å². The predicted octanol–water partition coefficient (Wildman–Crippen LogP) is -1.04. The fourth-order valence-electron chi connectivity index (χ4n) is 2.82. The van der Waals surface area contributed by atoms with Gasteiger partial charge in [0.15, 0.2) is 0 Å². The second-order valence-electron chi connectivity index (χ2n) is 6.89. The van der Waals surface area contributed by atoms with Crippen molar-refractivity contribution in [3.05, 3.63) is 54.1 Å². The first-order valence-corrected chi connectivity index (χ1v) is 9.50. The molecule has 3 atom stereocenters. The maximum Gasteiger partial charge on any atom is 0.243 e. The molecule has 0 radical (unpaired) electrons. The molecule has 0 saturated carbocycles. The largest absolute Gasteiger partial charge is 0.370 e. The summed E-state index contributed by atoms with van der Waals surface area (Å²) in [7, 11) is 0. The van der Waals surface area contributed by atoms with Gasteiger partial charge in [-0.3, -0.25) is 14.4 Å². The minimum atomic E-state index is -0.999.